The van der Waals surface area contributed by atoms with Crippen molar-refractivity contribution in [3.05, 3.63) is 207 Å². The molecular weight excluding hydrogens is 995 g/mol. The summed E-state index contributed by atoms with van der Waals surface area (Å²) in [7, 11) is 0. The zero-order valence-electron chi connectivity index (χ0n) is 43.1. The second kappa shape index (κ2) is 24.5. The number of nitrogens with zero attached hydrogens (tertiary/aromatic N) is 4. The number of thiazole rings is 2. The summed E-state index contributed by atoms with van der Waals surface area (Å²) in [5.41, 5.74) is 12.2. The monoisotopic (exact) mass is 1050 g/mol. The Kier molecular flexibility index (Phi) is 17.3. The van der Waals surface area contributed by atoms with Crippen molar-refractivity contribution in [3.63, 3.8) is 0 Å². The van der Waals surface area contributed by atoms with Gasteiger partial charge in [-0.2, -0.15) is 0 Å². The molecule has 1 aliphatic rings. The van der Waals surface area contributed by atoms with Crippen LogP contribution >= 0.6 is 22.7 Å². The number of hydrogen-bond donors (Lipinski definition) is 4. The van der Waals surface area contributed by atoms with Crippen LogP contribution in [0.1, 0.15) is 93.0 Å². The molecule has 0 aliphatic carbocycles. The number of rotatable bonds is 13. The molecule has 0 saturated heterocycles. The highest BCUT2D eigenvalue weighted by Crippen LogP contribution is 2.33. The van der Waals surface area contributed by atoms with Gasteiger partial charge in [0.1, 0.15) is 5.75 Å². The first-order valence-electron chi connectivity index (χ1n) is 24.4. The van der Waals surface area contributed by atoms with Crippen LogP contribution < -0.4 is 30.2 Å². The Morgan fingerprint density at radius 3 is 1.86 bits per heavy atom. The molecule has 5 aromatic carbocycles. The van der Waals surface area contributed by atoms with E-state index in [4.69, 9.17) is 24.3 Å². The average molecular weight is 1050 g/mol. The summed E-state index contributed by atoms with van der Waals surface area (Å²) in [4.78, 5) is 53.7. The van der Waals surface area contributed by atoms with Crippen molar-refractivity contribution in [1.29, 1.82) is 0 Å². The first-order chi connectivity index (χ1) is 36.5. The fraction of sp³-hybridized carbons (Fsp3) is 0.183. The predicted octanol–water partition coefficient (Wildman–Crippen LogP) is 14.1. The van der Waals surface area contributed by atoms with Crippen LogP contribution in [0.25, 0.3) is 22.5 Å². The van der Waals surface area contributed by atoms with Gasteiger partial charge >= 0.3 is 5.97 Å². The number of carbonyl (C=O) groups excluding carboxylic acids is 2. The maximum atomic E-state index is 12.7. The summed E-state index contributed by atoms with van der Waals surface area (Å²) in [5.74, 6) is 0.601. The quantitative estimate of drug-likeness (QED) is 0.0857. The second-order valence-electron chi connectivity index (χ2n) is 18.9. The van der Waals surface area contributed by atoms with E-state index >= 15 is 0 Å². The normalized spacial score (nSPS) is 11.4. The van der Waals surface area contributed by atoms with Crippen LogP contribution in [0.15, 0.2) is 163 Å². The summed E-state index contributed by atoms with van der Waals surface area (Å²) in [5, 5.41) is 23.9. The molecule has 9 aromatic rings. The molecule has 1 aliphatic heterocycles. The lowest BCUT2D eigenvalue weighted by molar-refractivity contribution is 0.0696. The molecule has 16 heteroatoms. The molecule has 0 unspecified atom stereocenters. The minimum Gasteiger partial charge on any atom is -0.491 e. The number of carbonyl (C=O) groups is 3. The molecule has 4 aromatic heterocycles. The molecule has 386 valence electrons. The zero-order chi connectivity index (χ0) is 53.8. The van der Waals surface area contributed by atoms with Crippen LogP contribution in [0.2, 0.25) is 0 Å². The maximum absolute atomic E-state index is 12.7. The Labute approximate surface area is 449 Å². The van der Waals surface area contributed by atoms with E-state index in [9.17, 15) is 14.4 Å². The van der Waals surface area contributed by atoms with E-state index < -0.39 is 5.97 Å². The lowest BCUT2D eigenvalue weighted by Gasteiger charge is -2.19. The predicted molar refractivity (Wildman–Crippen MR) is 302 cm³/mol. The Morgan fingerprint density at radius 1 is 0.671 bits per heavy atom. The van der Waals surface area contributed by atoms with Crippen LogP contribution in [0, 0.1) is 13.8 Å². The number of benzene rings is 5. The fourth-order valence-corrected chi connectivity index (χ4v) is 9.14. The smallest absolute Gasteiger partial charge is 0.335 e. The van der Waals surface area contributed by atoms with E-state index in [1.165, 1.54) is 29.0 Å². The third-order valence-corrected chi connectivity index (χ3v) is 13.4. The highest BCUT2D eigenvalue weighted by Gasteiger charge is 2.17. The van der Waals surface area contributed by atoms with Gasteiger partial charge in [-0.25, -0.2) is 14.8 Å². The number of ether oxygens (including phenoxy) is 3. The number of aromatic nitrogens is 4. The largest absolute Gasteiger partial charge is 0.491 e. The average Bonchev–Trinajstić information content (AvgIpc) is 4.21. The standard InChI is InChI=1S/C26H26N4OS.C26H25N3O2S.C8H6O4/c1-17-7-12-21(28-24(31)18-8-10-20(11-9-18)26(2,3)4)14-22(17)29-25-30-23(16-32-25)19-6-5-13-27-15-19;1-17(2)31-23-10-7-19(8-11-23)26(30)28-22-9-6-18(3)21(13-22)14-25-29-24(16-32-25)20-5-4-12-27-15-20;9-8(10)5-1-2-6-7(3-5)12-4-11-6/h5-16H,1-4H3,(H,28,31)(H,29,30);4-13,15-17H,14H2,1-3H3,(H,28,30);1-3H,4H2,(H,9,10). The molecule has 76 heavy (non-hydrogen) atoms. The van der Waals surface area contributed by atoms with E-state index in [0.29, 0.717) is 29.0 Å². The van der Waals surface area contributed by atoms with Gasteiger partial charge in [0.15, 0.2) is 16.6 Å². The Balaban J connectivity index is 0.000000165. The van der Waals surface area contributed by atoms with Crippen molar-refractivity contribution in [2.75, 3.05) is 22.7 Å². The first kappa shape index (κ1) is 53.6. The summed E-state index contributed by atoms with van der Waals surface area (Å²) < 4.78 is 15.7. The number of hydrogen-bond acceptors (Lipinski definition) is 13. The van der Waals surface area contributed by atoms with Crippen LogP contribution in [0.4, 0.5) is 22.2 Å². The van der Waals surface area contributed by atoms with Crippen molar-refractivity contribution >= 4 is 62.7 Å². The zero-order valence-corrected chi connectivity index (χ0v) is 44.7. The van der Waals surface area contributed by atoms with Crippen molar-refractivity contribution in [3.8, 4) is 39.8 Å². The van der Waals surface area contributed by atoms with Gasteiger partial charge in [-0.05, 0) is 158 Å². The Bertz CT molecular complexity index is 3430. The summed E-state index contributed by atoms with van der Waals surface area (Å²) in [6, 6.07) is 39.1. The van der Waals surface area contributed by atoms with Gasteiger partial charge in [-0.1, -0.05) is 45.0 Å². The molecule has 14 nitrogen and oxygen atoms in total. The fourth-order valence-electron chi connectivity index (χ4n) is 7.58. The number of amides is 2. The van der Waals surface area contributed by atoms with Crippen LogP contribution in [-0.2, 0) is 11.8 Å². The van der Waals surface area contributed by atoms with Crippen molar-refractivity contribution in [2.45, 2.75) is 66.4 Å². The van der Waals surface area contributed by atoms with Gasteiger partial charge in [0.05, 0.1) is 28.1 Å². The molecule has 0 fully saturated rings. The highest BCUT2D eigenvalue weighted by atomic mass is 32.1. The number of carboxylic acid groups (broad SMARTS) is 1. The van der Waals surface area contributed by atoms with Crippen LogP contribution in [0.5, 0.6) is 17.2 Å². The number of fused-ring (bicyclic) bond motifs is 1. The SMILES string of the molecule is Cc1ccc(NC(=O)c2ccc(C(C)(C)C)cc2)cc1Nc1nc(-c2cccnc2)cs1.Cc1ccc(NC(=O)c2ccc(OC(C)C)cc2)cc1Cc1nc(-c2cccnc2)cs1.O=C(O)c1ccc2c(c1)OCO2. The molecule has 0 atom stereocenters. The lowest BCUT2D eigenvalue weighted by atomic mass is 9.87. The van der Waals surface area contributed by atoms with E-state index in [1.54, 1.807) is 48.1 Å². The van der Waals surface area contributed by atoms with Crippen molar-refractivity contribution < 1.29 is 33.7 Å². The Morgan fingerprint density at radius 2 is 1.25 bits per heavy atom. The van der Waals surface area contributed by atoms with Gasteiger partial charge < -0.3 is 35.3 Å². The molecule has 0 saturated carbocycles. The minimum atomic E-state index is -0.965. The van der Waals surface area contributed by atoms with Gasteiger partial charge in [0.2, 0.25) is 6.79 Å². The summed E-state index contributed by atoms with van der Waals surface area (Å²) >= 11 is 3.16. The molecule has 0 spiro atoms. The van der Waals surface area contributed by atoms with E-state index in [2.05, 4.69) is 64.0 Å². The molecular formula is C60H57N7O7S2. The summed E-state index contributed by atoms with van der Waals surface area (Å²) in [6.45, 7) is 14.7. The van der Waals surface area contributed by atoms with Crippen molar-refractivity contribution in [2.24, 2.45) is 0 Å². The number of pyridine rings is 2. The Hall–Kier alpha value is -8.73. The van der Waals surface area contributed by atoms with Gasteiger partial charge in [-0.15, -0.1) is 22.7 Å². The third kappa shape index (κ3) is 14.5. The number of nitrogens with one attached hydrogen (secondary N) is 3. The summed E-state index contributed by atoms with van der Waals surface area (Å²) in [6.07, 6.45) is 7.93. The van der Waals surface area contributed by atoms with E-state index in [0.717, 1.165) is 72.2 Å². The van der Waals surface area contributed by atoms with Crippen LogP contribution in [-0.4, -0.2) is 55.7 Å². The molecule has 10 rings (SSSR count). The van der Waals surface area contributed by atoms with E-state index in [1.807, 2.05) is 129 Å². The minimum absolute atomic E-state index is 0.0548. The van der Waals surface area contributed by atoms with Gasteiger partial charge in [0.25, 0.3) is 11.8 Å². The second-order valence-corrected chi connectivity index (χ2v) is 20.7. The number of aryl methyl sites for hydroxylation is 2. The van der Waals surface area contributed by atoms with Crippen LogP contribution in [0.3, 0.4) is 0 Å². The highest BCUT2D eigenvalue weighted by molar-refractivity contribution is 7.14. The first-order valence-corrected chi connectivity index (χ1v) is 26.1. The topological polar surface area (TPSA) is 187 Å². The molecule has 2 amide bonds. The maximum Gasteiger partial charge on any atom is 0.335 e. The molecule has 0 bridgehead atoms. The van der Waals surface area contributed by atoms with Gasteiger partial charge in [0, 0.05) is 81.3 Å². The number of carboxylic acids is 1. The molecule has 0 radical (unpaired) electrons. The lowest BCUT2D eigenvalue weighted by Crippen LogP contribution is -2.14. The third-order valence-electron chi connectivity index (χ3n) is 11.8. The number of anilines is 4. The number of aromatic carboxylic acids is 1. The molecule has 5 heterocycles. The van der Waals surface area contributed by atoms with Gasteiger partial charge in [-0.3, -0.25) is 19.6 Å². The molecule has 4 N–H and O–H groups in total. The van der Waals surface area contributed by atoms with E-state index in [-0.39, 0.29) is 35.7 Å². The van der Waals surface area contributed by atoms with Crippen molar-refractivity contribution in [1.82, 2.24) is 19.9 Å².